The Morgan fingerprint density at radius 2 is 2.15 bits per heavy atom. The molecule has 0 radical (unpaired) electrons. The van der Waals surface area contributed by atoms with E-state index < -0.39 is 0 Å². The summed E-state index contributed by atoms with van der Waals surface area (Å²) >= 11 is 1.69. The fraction of sp³-hybridized carbons (Fsp3) is 0.421. The van der Waals surface area contributed by atoms with Crippen LogP contribution in [0, 0.1) is 0 Å². The SMILES string of the molecule is CCOc1ccc2nc(N3CCC(NC(=O)c4ccnn4C)CC3)sc2c1. The Morgan fingerprint density at radius 3 is 2.85 bits per heavy atom. The molecule has 2 aromatic heterocycles. The van der Waals surface area contributed by atoms with Gasteiger partial charge in [0.15, 0.2) is 5.13 Å². The molecule has 7 nitrogen and oxygen atoms in total. The maximum absolute atomic E-state index is 12.3. The van der Waals surface area contributed by atoms with Gasteiger partial charge in [0.2, 0.25) is 0 Å². The van der Waals surface area contributed by atoms with Crippen molar-refractivity contribution in [1.29, 1.82) is 0 Å². The van der Waals surface area contributed by atoms with Crippen molar-refractivity contribution in [2.75, 3.05) is 24.6 Å². The number of rotatable bonds is 5. The third kappa shape index (κ3) is 3.75. The molecule has 0 saturated carbocycles. The number of amides is 1. The lowest BCUT2D eigenvalue weighted by molar-refractivity contribution is 0.0921. The van der Waals surface area contributed by atoms with Crippen molar-refractivity contribution in [3.05, 3.63) is 36.2 Å². The average Bonchev–Trinajstić information content (AvgIpc) is 3.28. The van der Waals surface area contributed by atoms with E-state index in [1.165, 1.54) is 0 Å². The second-order valence-electron chi connectivity index (χ2n) is 6.63. The van der Waals surface area contributed by atoms with Crippen LogP contribution in [0.3, 0.4) is 0 Å². The highest BCUT2D eigenvalue weighted by molar-refractivity contribution is 7.22. The number of nitrogens with one attached hydrogen (secondary N) is 1. The fourth-order valence-electron chi connectivity index (χ4n) is 3.36. The van der Waals surface area contributed by atoms with Crippen LogP contribution in [0.25, 0.3) is 10.2 Å². The molecule has 1 saturated heterocycles. The summed E-state index contributed by atoms with van der Waals surface area (Å²) in [5, 5.41) is 8.21. The molecule has 27 heavy (non-hydrogen) atoms. The molecule has 0 spiro atoms. The van der Waals surface area contributed by atoms with Gasteiger partial charge in [0.1, 0.15) is 11.4 Å². The predicted octanol–water partition coefficient (Wildman–Crippen LogP) is 2.83. The molecular formula is C19H23N5O2S. The smallest absolute Gasteiger partial charge is 0.269 e. The number of benzene rings is 1. The number of fused-ring (bicyclic) bond motifs is 1. The van der Waals surface area contributed by atoms with Crippen LogP contribution >= 0.6 is 11.3 Å². The number of aryl methyl sites for hydroxylation is 1. The van der Waals surface area contributed by atoms with E-state index in [2.05, 4.69) is 21.4 Å². The van der Waals surface area contributed by atoms with Gasteiger partial charge in [-0.05, 0) is 44.0 Å². The number of thiazole rings is 1. The number of carbonyl (C=O) groups is 1. The van der Waals surface area contributed by atoms with Crippen molar-refractivity contribution in [3.8, 4) is 5.75 Å². The summed E-state index contributed by atoms with van der Waals surface area (Å²) in [5.74, 6) is 0.827. The van der Waals surface area contributed by atoms with Gasteiger partial charge in [0, 0.05) is 32.4 Å². The number of piperidine rings is 1. The van der Waals surface area contributed by atoms with Gasteiger partial charge in [0.05, 0.1) is 16.8 Å². The van der Waals surface area contributed by atoms with E-state index in [1.54, 1.807) is 35.3 Å². The van der Waals surface area contributed by atoms with Crippen LogP contribution in [-0.4, -0.2) is 46.4 Å². The van der Waals surface area contributed by atoms with Crippen molar-refractivity contribution < 1.29 is 9.53 Å². The molecule has 0 atom stereocenters. The van der Waals surface area contributed by atoms with Gasteiger partial charge < -0.3 is 15.0 Å². The summed E-state index contributed by atoms with van der Waals surface area (Å²) in [7, 11) is 1.78. The topological polar surface area (TPSA) is 72.3 Å². The third-order valence-corrected chi connectivity index (χ3v) is 5.89. The lowest BCUT2D eigenvalue weighted by atomic mass is 10.1. The Bertz CT molecular complexity index is 943. The number of carbonyl (C=O) groups excluding carboxylic acids is 1. The summed E-state index contributed by atoms with van der Waals surface area (Å²) in [4.78, 5) is 19.4. The molecule has 3 heterocycles. The first-order valence-electron chi connectivity index (χ1n) is 9.21. The highest BCUT2D eigenvalue weighted by Crippen LogP contribution is 2.32. The molecule has 0 bridgehead atoms. The number of nitrogens with zero attached hydrogens (tertiary/aromatic N) is 4. The molecule has 0 aliphatic carbocycles. The summed E-state index contributed by atoms with van der Waals surface area (Å²) in [5.41, 5.74) is 1.60. The van der Waals surface area contributed by atoms with Crippen molar-refractivity contribution in [3.63, 3.8) is 0 Å². The third-order valence-electron chi connectivity index (χ3n) is 4.81. The minimum atomic E-state index is -0.0584. The van der Waals surface area contributed by atoms with Crippen molar-refractivity contribution in [2.45, 2.75) is 25.8 Å². The van der Waals surface area contributed by atoms with E-state index in [4.69, 9.17) is 9.72 Å². The van der Waals surface area contributed by atoms with E-state index in [0.29, 0.717) is 12.3 Å². The molecule has 0 unspecified atom stereocenters. The molecule has 3 aromatic rings. The van der Waals surface area contributed by atoms with E-state index in [1.807, 2.05) is 19.1 Å². The molecule has 142 valence electrons. The first-order chi connectivity index (χ1) is 13.1. The van der Waals surface area contributed by atoms with Crippen LogP contribution in [0.15, 0.2) is 30.5 Å². The Labute approximate surface area is 162 Å². The van der Waals surface area contributed by atoms with Gasteiger partial charge in [-0.3, -0.25) is 9.48 Å². The quantitative estimate of drug-likeness (QED) is 0.731. The lowest BCUT2D eigenvalue weighted by Crippen LogP contribution is -2.45. The lowest BCUT2D eigenvalue weighted by Gasteiger charge is -2.32. The molecule has 1 aromatic carbocycles. The summed E-state index contributed by atoms with van der Waals surface area (Å²) < 4.78 is 8.32. The van der Waals surface area contributed by atoms with E-state index in [-0.39, 0.29) is 11.9 Å². The van der Waals surface area contributed by atoms with Crippen molar-refractivity contribution >= 4 is 32.6 Å². The van der Waals surface area contributed by atoms with Crippen LogP contribution < -0.4 is 15.0 Å². The Kier molecular flexibility index (Phi) is 4.98. The largest absolute Gasteiger partial charge is 0.494 e. The van der Waals surface area contributed by atoms with Crippen LogP contribution in [0.1, 0.15) is 30.3 Å². The van der Waals surface area contributed by atoms with Crippen molar-refractivity contribution in [1.82, 2.24) is 20.1 Å². The molecule has 1 aliphatic rings. The zero-order chi connectivity index (χ0) is 18.8. The predicted molar refractivity (Wildman–Crippen MR) is 107 cm³/mol. The van der Waals surface area contributed by atoms with E-state index >= 15 is 0 Å². The molecule has 1 aliphatic heterocycles. The number of hydrogen-bond acceptors (Lipinski definition) is 6. The molecule has 1 N–H and O–H groups in total. The minimum absolute atomic E-state index is 0.0584. The first-order valence-corrected chi connectivity index (χ1v) is 10.0. The van der Waals surface area contributed by atoms with Crippen LogP contribution in [0.2, 0.25) is 0 Å². The molecular weight excluding hydrogens is 362 g/mol. The van der Waals surface area contributed by atoms with Crippen molar-refractivity contribution in [2.24, 2.45) is 7.05 Å². The summed E-state index contributed by atoms with van der Waals surface area (Å²) in [6, 6.07) is 7.96. The van der Waals surface area contributed by atoms with Gasteiger partial charge in [0.25, 0.3) is 5.91 Å². The number of hydrogen-bond donors (Lipinski definition) is 1. The summed E-state index contributed by atoms with van der Waals surface area (Å²) in [6.45, 7) is 4.41. The minimum Gasteiger partial charge on any atom is -0.494 e. The van der Waals surface area contributed by atoms with Gasteiger partial charge in [-0.15, -0.1) is 0 Å². The Morgan fingerprint density at radius 1 is 1.33 bits per heavy atom. The van der Waals surface area contributed by atoms with Gasteiger partial charge in [-0.25, -0.2) is 4.98 Å². The standard InChI is InChI=1S/C19H23N5O2S/c1-3-26-14-4-5-15-17(12-14)27-19(22-15)24-10-7-13(8-11-24)21-18(25)16-6-9-20-23(16)2/h4-6,9,12-13H,3,7-8,10-11H2,1-2H3,(H,21,25). The Balaban J connectivity index is 1.38. The van der Waals surface area contributed by atoms with Crippen LogP contribution in [0.4, 0.5) is 5.13 Å². The zero-order valence-corrected chi connectivity index (χ0v) is 16.3. The van der Waals surface area contributed by atoms with Gasteiger partial charge in [-0.2, -0.15) is 5.10 Å². The van der Waals surface area contributed by atoms with Gasteiger partial charge >= 0.3 is 0 Å². The van der Waals surface area contributed by atoms with Gasteiger partial charge in [-0.1, -0.05) is 11.3 Å². The maximum atomic E-state index is 12.3. The summed E-state index contributed by atoms with van der Waals surface area (Å²) in [6.07, 6.45) is 3.45. The van der Waals surface area contributed by atoms with E-state index in [0.717, 1.165) is 47.0 Å². The molecule has 1 fully saturated rings. The second kappa shape index (κ2) is 7.56. The number of anilines is 1. The van der Waals surface area contributed by atoms with Crippen LogP contribution in [0.5, 0.6) is 5.75 Å². The zero-order valence-electron chi connectivity index (χ0n) is 15.5. The van der Waals surface area contributed by atoms with Crippen LogP contribution in [-0.2, 0) is 7.05 Å². The average molecular weight is 385 g/mol. The number of ether oxygens (including phenoxy) is 1. The normalized spacial score (nSPS) is 15.3. The molecule has 4 rings (SSSR count). The first kappa shape index (κ1) is 17.8. The highest BCUT2D eigenvalue weighted by atomic mass is 32.1. The number of aromatic nitrogens is 3. The monoisotopic (exact) mass is 385 g/mol. The fourth-order valence-corrected chi connectivity index (χ4v) is 4.40. The second-order valence-corrected chi connectivity index (χ2v) is 7.64. The Hall–Kier alpha value is -2.61. The molecule has 8 heteroatoms. The molecule has 1 amide bonds. The highest BCUT2D eigenvalue weighted by Gasteiger charge is 2.24. The maximum Gasteiger partial charge on any atom is 0.269 e. The van der Waals surface area contributed by atoms with E-state index in [9.17, 15) is 4.79 Å².